The van der Waals surface area contributed by atoms with Gasteiger partial charge >= 0.3 is 12.1 Å². The van der Waals surface area contributed by atoms with Crippen LogP contribution in [-0.2, 0) is 20.4 Å². The highest BCUT2D eigenvalue weighted by Gasteiger charge is 2.34. The van der Waals surface area contributed by atoms with E-state index in [1.807, 2.05) is 0 Å². The van der Waals surface area contributed by atoms with E-state index in [1.54, 1.807) is 11.6 Å². The van der Waals surface area contributed by atoms with Crippen LogP contribution in [0.25, 0.3) is 16.5 Å². The molecule has 264 valence electrons. The zero-order valence-corrected chi connectivity index (χ0v) is 27.5. The molecule has 1 aromatic heterocycles. The van der Waals surface area contributed by atoms with Gasteiger partial charge in [-0.1, -0.05) is 11.6 Å². The van der Waals surface area contributed by atoms with Crippen molar-refractivity contribution in [3.63, 3.8) is 0 Å². The standard InChI is InChI=1S/C35H32ClF5N4O5/c1-2-48-34(47)23-8-4-3-7-22(23)24-17-26(43-33(46)18-13-19(35(39,40)41)15-21(38)14-18)31(50-27-16-20(37)10-11-25(27)36)29-30(24)45(44-32(29)42)28-9-5-6-12-49-28/h10-11,13-17,28H,2-9,12H2,1H3,(H2,42,44)(H,43,46). The maximum atomic E-state index is 14.4. The Morgan fingerprint density at radius 1 is 1.06 bits per heavy atom. The number of nitrogen functional groups attached to an aromatic ring is 1. The van der Waals surface area contributed by atoms with Crippen LogP contribution in [-0.4, -0.2) is 34.9 Å². The molecular weight excluding hydrogens is 687 g/mol. The second-order valence-electron chi connectivity index (χ2n) is 11.9. The van der Waals surface area contributed by atoms with Crippen molar-refractivity contribution in [2.75, 3.05) is 24.3 Å². The van der Waals surface area contributed by atoms with Gasteiger partial charge in [0.25, 0.3) is 5.91 Å². The molecule has 1 amide bonds. The first-order chi connectivity index (χ1) is 23.8. The SMILES string of the molecule is CCOC(=O)C1=C(c2cc(NC(=O)c3cc(F)cc(C(F)(F)F)c3)c(Oc3cc(F)ccc3Cl)c3c(N)nn(C4CCCCO4)c23)CCCC1. The van der Waals surface area contributed by atoms with Crippen LogP contribution >= 0.6 is 11.6 Å². The molecule has 1 fully saturated rings. The summed E-state index contributed by atoms with van der Waals surface area (Å²) in [5.74, 6) is -4.08. The number of carbonyl (C=O) groups is 2. The van der Waals surface area contributed by atoms with E-state index in [-0.39, 0.29) is 46.1 Å². The van der Waals surface area contributed by atoms with Gasteiger partial charge in [0, 0.05) is 29.4 Å². The molecule has 15 heteroatoms. The summed E-state index contributed by atoms with van der Waals surface area (Å²) in [5.41, 5.74) is 6.17. The van der Waals surface area contributed by atoms with Crippen LogP contribution in [0.2, 0.25) is 5.02 Å². The second-order valence-corrected chi connectivity index (χ2v) is 12.3. The van der Waals surface area contributed by atoms with Crippen LogP contribution < -0.4 is 15.8 Å². The molecule has 1 aliphatic carbocycles. The summed E-state index contributed by atoms with van der Waals surface area (Å²) in [6.45, 7) is 2.26. The fourth-order valence-corrected chi connectivity index (χ4v) is 6.45. The number of rotatable bonds is 8. The number of nitrogens with one attached hydrogen (secondary N) is 1. The number of nitrogens with zero attached hydrogens (tertiary/aromatic N) is 2. The van der Waals surface area contributed by atoms with E-state index in [4.69, 9.17) is 31.5 Å². The minimum Gasteiger partial charge on any atom is -0.463 e. The number of alkyl halides is 3. The lowest BCUT2D eigenvalue weighted by Gasteiger charge is -2.26. The summed E-state index contributed by atoms with van der Waals surface area (Å²) in [4.78, 5) is 26.9. The molecule has 50 heavy (non-hydrogen) atoms. The van der Waals surface area contributed by atoms with Crippen molar-refractivity contribution in [1.82, 2.24) is 9.78 Å². The number of amides is 1. The Morgan fingerprint density at radius 3 is 2.56 bits per heavy atom. The summed E-state index contributed by atoms with van der Waals surface area (Å²) >= 11 is 6.37. The molecule has 0 spiro atoms. The Morgan fingerprint density at radius 2 is 1.84 bits per heavy atom. The van der Waals surface area contributed by atoms with Crippen LogP contribution in [0, 0.1) is 11.6 Å². The third-order valence-corrected chi connectivity index (χ3v) is 8.85. The first-order valence-corrected chi connectivity index (χ1v) is 16.4. The number of fused-ring (bicyclic) bond motifs is 1. The van der Waals surface area contributed by atoms with Crippen LogP contribution in [0.15, 0.2) is 48.0 Å². The van der Waals surface area contributed by atoms with Gasteiger partial charge in [-0.25, -0.2) is 18.3 Å². The van der Waals surface area contributed by atoms with Gasteiger partial charge < -0.3 is 25.3 Å². The number of anilines is 2. The van der Waals surface area contributed by atoms with E-state index in [0.29, 0.717) is 73.1 Å². The van der Waals surface area contributed by atoms with Crippen molar-refractivity contribution in [2.24, 2.45) is 0 Å². The average molecular weight is 719 g/mol. The van der Waals surface area contributed by atoms with Crippen molar-refractivity contribution < 1.29 is 45.8 Å². The van der Waals surface area contributed by atoms with Gasteiger partial charge in [0.15, 0.2) is 17.8 Å². The molecule has 9 nitrogen and oxygen atoms in total. The Hall–Kier alpha value is -4.69. The van der Waals surface area contributed by atoms with E-state index in [2.05, 4.69) is 10.4 Å². The highest BCUT2D eigenvalue weighted by atomic mass is 35.5. The lowest BCUT2D eigenvalue weighted by atomic mass is 9.86. The molecular formula is C35H32ClF5N4O5. The molecule has 3 N–H and O–H groups in total. The molecule has 0 radical (unpaired) electrons. The number of halogens is 6. The number of aromatic nitrogens is 2. The molecule has 2 aliphatic rings. The van der Waals surface area contributed by atoms with E-state index < -0.39 is 47.0 Å². The Balaban J connectivity index is 1.64. The largest absolute Gasteiger partial charge is 0.463 e. The van der Waals surface area contributed by atoms with Crippen molar-refractivity contribution in [2.45, 2.75) is 64.3 Å². The van der Waals surface area contributed by atoms with E-state index in [0.717, 1.165) is 25.0 Å². The molecule has 3 aromatic carbocycles. The minimum atomic E-state index is -4.94. The first-order valence-electron chi connectivity index (χ1n) is 16.0. The Labute approximate surface area is 288 Å². The highest BCUT2D eigenvalue weighted by Crippen LogP contribution is 2.48. The molecule has 1 aliphatic heterocycles. The number of hydrogen-bond acceptors (Lipinski definition) is 7. The van der Waals surface area contributed by atoms with Crippen LogP contribution in [0.1, 0.15) is 79.6 Å². The van der Waals surface area contributed by atoms with Gasteiger partial charge in [0.05, 0.1) is 33.8 Å². The fourth-order valence-electron chi connectivity index (χ4n) is 6.29. The van der Waals surface area contributed by atoms with E-state index in [1.165, 1.54) is 12.1 Å². The molecule has 2 heterocycles. The summed E-state index contributed by atoms with van der Waals surface area (Å²) in [6, 6.07) is 6.29. The maximum absolute atomic E-state index is 14.4. The summed E-state index contributed by atoms with van der Waals surface area (Å²) in [5, 5.41) is 7.27. The fraction of sp³-hybridized carbons (Fsp3) is 0.343. The number of esters is 1. The molecule has 1 atom stereocenters. The third-order valence-electron chi connectivity index (χ3n) is 8.54. The number of hydrogen-bond donors (Lipinski definition) is 2. The lowest BCUT2D eigenvalue weighted by molar-refractivity contribution is -0.139. The number of nitrogens with two attached hydrogens (primary N) is 1. The van der Waals surface area contributed by atoms with E-state index in [9.17, 15) is 31.5 Å². The summed E-state index contributed by atoms with van der Waals surface area (Å²) < 4.78 is 88.8. The van der Waals surface area contributed by atoms with E-state index >= 15 is 0 Å². The molecule has 0 bridgehead atoms. The van der Waals surface area contributed by atoms with Crippen LogP contribution in [0.5, 0.6) is 11.5 Å². The van der Waals surface area contributed by atoms with Crippen LogP contribution in [0.4, 0.5) is 33.5 Å². The maximum Gasteiger partial charge on any atom is 0.416 e. The number of carbonyl (C=O) groups excluding carboxylic acids is 2. The monoisotopic (exact) mass is 718 g/mol. The first kappa shape index (κ1) is 35.1. The highest BCUT2D eigenvalue weighted by molar-refractivity contribution is 6.32. The number of benzene rings is 3. The van der Waals surface area contributed by atoms with Crippen molar-refractivity contribution in [1.29, 1.82) is 0 Å². The average Bonchev–Trinajstić information content (AvgIpc) is 3.44. The third kappa shape index (κ3) is 7.13. The summed E-state index contributed by atoms with van der Waals surface area (Å²) in [7, 11) is 0. The zero-order valence-electron chi connectivity index (χ0n) is 26.8. The van der Waals surface area contributed by atoms with Gasteiger partial charge in [0.2, 0.25) is 0 Å². The van der Waals surface area contributed by atoms with Crippen molar-refractivity contribution in [3.05, 3.63) is 81.4 Å². The zero-order chi connectivity index (χ0) is 35.7. The smallest absolute Gasteiger partial charge is 0.416 e. The molecule has 4 aromatic rings. The van der Waals surface area contributed by atoms with Gasteiger partial charge in [-0.2, -0.15) is 18.3 Å². The predicted octanol–water partition coefficient (Wildman–Crippen LogP) is 9.20. The normalized spacial score (nSPS) is 16.8. The molecule has 0 saturated carbocycles. The molecule has 1 unspecified atom stereocenters. The van der Waals surface area contributed by atoms with Gasteiger partial charge in [0.1, 0.15) is 17.4 Å². The van der Waals surface area contributed by atoms with Crippen molar-refractivity contribution in [3.8, 4) is 11.5 Å². The topological polar surface area (TPSA) is 118 Å². The quantitative estimate of drug-likeness (QED) is 0.138. The Kier molecular flexibility index (Phi) is 10.0. The Bertz CT molecular complexity index is 2010. The van der Waals surface area contributed by atoms with Crippen LogP contribution in [0.3, 0.4) is 0 Å². The van der Waals surface area contributed by atoms with Gasteiger partial charge in [-0.05, 0) is 93.8 Å². The predicted molar refractivity (Wildman–Crippen MR) is 176 cm³/mol. The lowest BCUT2D eigenvalue weighted by Crippen LogP contribution is -2.20. The summed E-state index contributed by atoms with van der Waals surface area (Å²) in [6.07, 6.45) is -1.07. The second kappa shape index (κ2) is 14.3. The van der Waals surface area contributed by atoms with Crippen molar-refractivity contribution >= 4 is 51.5 Å². The molecule has 6 rings (SSSR count). The van der Waals surface area contributed by atoms with Gasteiger partial charge in [-0.3, -0.25) is 4.79 Å². The molecule has 1 saturated heterocycles. The number of ether oxygens (including phenoxy) is 3. The minimum absolute atomic E-state index is 0.0120. The number of allylic oxidation sites excluding steroid dienone is 1. The van der Waals surface area contributed by atoms with Gasteiger partial charge in [-0.15, -0.1) is 0 Å².